The van der Waals surface area contributed by atoms with E-state index >= 15 is 0 Å². The van der Waals surface area contributed by atoms with E-state index in [9.17, 15) is 4.39 Å². The fourth-order valence-corrected chi connectivity index (χ4v) is 3.36. The van der Waals surface area contributed by atoms with Gasteiger partial charge in [0, 0.05) is 18.7 Å². The Bertz CT molecular complexity index is 731. The zero-order valence-corrected chi connectivity index (χ0v) is 14.9. The smallest absolute Gasteiger partial charge is 0.138 e. The van der Waals surface area contributed by atoms with Gasteiger partial charge in [-0.3, -0.25) is 0 Å². The maximum atomic E-state index is 13.2. The summed E-state index contributed by atoms with van der Waals surface area (Å²) in [5, 5.41) is 0.517. The van der Waals surface area contributed by atoms with Crippen LogP contribution >= 0.6 is 23.8 Å². The van der Waals surface area contributed by atoms with Gasteiger partial charge in [0.25, 0.3) is 0 Å². The van der Waals surface area contributed by atoms with Crippen LogP contribution in [-0.4, -0.2) is 23.0 Å². The number of hydrogen-bond acceptors (Lipinski definition) is 2. The van der Waals surface area contributed by atoms with Crippen molar-refractivity contribution in [1.82, 2.24) is 4.90 Å². The Balaban J connectivity index is 1.67. The molecule has 126 valence electrons. The van der Waals surface area contributed by atoms with Crippen molar-refractivity contribution in [3.8, 4) is 5.75 Å². The van der Waals surface area contributed by atoms with Gasteiger partial charge in [0.2, 0.25) is 0 Å². The number of thiocarbonyl (C=S) groups is 1. The van der Waals surface area contributed by atoms with Gasteiger partial charge >= 0.3 is 0 Å². The van der Waals surface area contributed by atoms with Crippen molar-refractivity contribution >= 4 is 28.8 Å². The van der Waals surface area contributed by atoms with Crippen LogP contribution in [0.1, 0.15) is 30.4 Å². The van der Waals surface area contributed by atoms with Crippen LogP contribution in [0.3, 0.4) is 0 Å². The summed E-state index contributed by atoms with van der Waals surface area (Å²) in [6.45, 7) is 2.29. The monoisotopic (exact) mass is 363 g/mol. The number of rotatable bonds is 4. The SMILES string of the molecule is Fc1cccc(COc2ccc(C(=S)N3CCCCC3)cc2Cl)c1. The van der Waals surface area contributed by atoms with Crippen LogP contribution in [0, 0.1) is 5.82 Å². The van der Waals surface area contributed by atoms with Crippen molar-refractivity contribution in [3.63, 3.8) is 0 Å². The molecular weight excluding hydrogens is 345 g/mol. The van der Waals surface area contributed by atoms with Crippen LogP contribution in [0.2, 0.25) is 5.02 Å². The predicted molar refractivity (Wildman–Crippen MR) is 99.3 cm³/mol. The first kappa shape index (κ1) is 17.2. The van der Waals surface area contributed by atoms with Crippen molar-refractivity contribution in [2.45, 2.75) is 25.9 Å². The minimum Gasteiger partial charge on any atom is -0.487 e. The van der Waals surface area contributed by atoms with Crippen molar-refractivity contribution in [2.75, 3.05) is 13.1 Å². The molecule has 1 heterocycles. The molecule has 0 bridgehead atoms. The minimum absolute atomic E-state index is 0.271. The lowest BCUT2D eigenvalue weighted by atomic mass is 10.1. The lowest BCUT2D eigenvalue weighted by molar-refractivity contribution is 0.305. The molecule has 2 aromatic carbocycles. The van der Waals surface area contributed by atoms with Crippen molar-refractivity contribution in [3.05, 3.63) is 64.4 Å². The van der Waals surface area contributed by atoms with Crippen LogP contribution < -0.4 is 4.74 Å². The number of ether oxygens (including phenoxy) is 1. The molecule has 0 aromatic heterocycles. The molecule has 0 saturated carbocycles. The van der Waals surface area contributed by atoms with Crippen molar-refractivity contribution in [2.24, 2.45) is 0 Å². The Morgan fingerprint density at radius 1 is 1.12 bits per heavy atom. The van der Waals surface area contributed by atoms with E-state index in [1.165, 1.54) is 31.4 Å². The molecule has 3 rings (SSSR count). The summed E-state index contributed by atoms with van der Waals surface area (Å²) in [6.07, 6.45) is 3.64. The van der Waals surface area contributed by atoms with Crippen LogP contribution in [-0.2, 0) is 6.61 Å². The second-order valence-corrected chi connectivity index (χ2v) is 6.71. The van der Waals surface area contributed by atoms with Gasteiger partial charge in [-0.1, -0.05) is 36.0 Å². The summed E-state index contributed by atoms with van der Waals surface area (Å²) >= 11 is 11.9. The number of hydrogen-bond donors (Lipinski definition) is 0. The highest BCUT2D eigenvalue weighted by atomic mass is 35.5. The minimum atomic E-state index is -0.274. The number of benzene rings is 2. The highest BCUT2D eigenvalue weighted by molar-refractivity contribution is 7.80. The van der Waals surface area contributed by atoms with E-state index in [4.69, 9.17) is 28.6 Å². The highest BCUT2D eigenvalue weighted by Crippen LogP contribution is 2.27. The molecule has 0 N–H and O–H groups in total. The molecule has 1 aliphatic rings. The van der Waals surface area contributed by atoms with Gasteiger partial charge in [-0.05, 0) is 55.2 Å². The number of halogens is 2. The molecule has 5 heteroatoms. The summed E-state index contributed by atoms with van der Waals surface area (Å²) in [5.41, 5.74) is 1.70. The molecular formula is C19H19ClFNOS. The Kier molecular flexibility index (Phi) is 5.69. The Morgan fingerprint density at radius 3 is 2.62 bits per heavy atom. The lowest BCUT2D eigenvalue weighted by Crippen LogP contribution is -2.34. The molecule has 24 heavy (non-hydrogen) atoms. The molecule has 0 aliphatic carbocycles. The van der Waals surface area contributed by atoms with Crippen LogP contribution in [0.15, 0.2) is 42.5 Å². The second-order valence-electron chi connectivity index (χ2n) is 5.92. The lowest BCUT2D eigenvalue weighted by Gasteiger charge is -2.29. The fraction of sp³-hybridized carbons (Fsp3) is 0.316. The average molecular weight is 364 g/mol. The summed E-state index contributed by atoms with van der Waals surface area (Å²) in [6, 6.07) is 11.9. The van der Waals surface area contributed by atoms with Gasteiger partial charge in [0.05, 0.1) is 5.02 Å². The molecule has 0 spiro atoms. The molecule has 0 unspecified atom stereocenters. The van der Waals surface area contributed by atoms with E-state index in [-0.39, 0.29) is 12.4 Å². The molecule has 1 saturated heterocycles. The first-order valence-electron chi connectivity index (χ1n) is 8.09. The molecule has 2 aromatic rings. The van der Waals surface area contributed by atoms with Gasteiger partial charge in [0.15, 0.2) is 0 Å². The second kappa shape index (κ2) is 7.95. The molecule has 0 radical (unpaired) electrons. The van der Waals surface area contributed by atoms with Crippen molar-refractivity contribution in [1.29, 1.82) is 0 Å². The first-order chi connectivity index (χ1) is 11.6. The van der Waals surface area contributed by atoms with Crippen LogP contribution in [0.25, 0.3) is 0 Å². The number of likely N-dealkylation sites (tertiary alicyclic amines) is 1. The fourth-order valence-electron chi connectivity index (χ4n) is 2.82. The number of nitrogens with zero attached hydrogens (tertiary/aromatic N) is 1. The van der Waals surface area contributed by atoms with E-state index in [2.05, 4.69) is 4.90 Å². The topological polar surface area (TPSA) is 12.5 Å². The zero-order valence-electron chi connectivity index (χ0n) is 13.3. The summed E-state index contributed by atoms with van der Waals surface area (Å²) < 4.78 is 18.9. The summed E-state index contributed by atoms with van der Waals surface area (Å²) in [4.78, 5) is 3.07. The molecule has 0 amide bonds. The van der Waals surface area contributed by atoms with Gasteiger partial charge < -0.3 is 9.64 Å². The van der Waals surface area contributed by atoms with Gasteiger partial charge in [0.1, 0.15) is 23.2 Å². The van der Waals surface area contributed by atoms with E-state index in [0.29, 0.717) is 10.8 Å². The molecule has 0 atom stereocenters. The van der Waals surface area contributed by atoms with E-state index < -0.39 is 0 Å². The first-order valence-corrected chi connectivity index (χ1v) is 8.88. The van der Waals surface area contributed by atoms with E-state index in [0.717, 1.165) is 29.2 Å². The van der Waals surface area contributed by atoms with Crippen LogP contribution in [0.4, 0.5) is 4.39 Å². The summed E-state index contributed by atoms with van der Waals surface area (Å²) in [5.74, 6) is 0.301. The molecule has 1 fully saturated rings. The van der Waals surface area contributed by atoms with E-state index in [1.54, 1.807) is 6.07 Å². The predicted octanol–water partition coefficient (Wildman–Crippen LogP) is 5.22. The maximum Gasteiger partial charge on any atom is 0.138 e. The third kappa shape index (κ3) is 4.25. The quantitative estimate of drug-likeness (QED) is 0.691. The Labute approximate surface area is 152 Å². The summed E-state index contributed by atoms with van der Waals surface area (Å²) in [7, 11) is 0. The van der Waals surface area contributed by atoms with Crippen molar-refractivity contribution < 1.29 is 9.13 Å². The molecule has 2 nitrogen and oxygen atoms in total. The normalized spacial score (nSPS) is 14.5. The molecule has 1 aliphatic heterocycles. The average Bonchev–Trinajstić information content (AvgIpc) is 2.61. The Morgan fingerprint density at radius 2 is 1.92 bits per heavy atom. The highest BCUT2D eigenvalue weighted by Gasteiger charge is 2.16. The van der Waals surface area contributed by atoms with E-state index in [1.807, 2.05) is 24.3 Å². The largest absolute Gasteiger partial charge is 0.487 e. The third-order valence-corrected chi connectivity index (χ3v) is 4.89. The van der Waals surface area contributed by atoms with Gasteiger partial charge in [-0.2, -0.15) is 0 Å². The third-order valence-electron chi connectivity index (χ3n) is 4.11. The maximum absolute atomic E-state index is 13.2. The van der Waals surface area contributed by atoms with Gasteiger partial charge in [-0.25, -0.2) is 4.39 Å². The van der Waals surface area contributed by atoms with Crippen LogP contribution in [0.5, 0.6) is 5.75 Å². The zero-order chi connectivity index (χ0) is 16.9. The number of piperidine rings is 1. The Hall–Kier alpha value is -1.65. The standard InChI is InChI=1S/C19H19ClFNOS/c20-17-12-15(19(24)22-9-2-1-3-10-22)7-8-18(17)23-13-14-5-4-6-16(21)11-14/h4-8,11-12H,1-3,9-10,13H2. The van der Waals surface area contributed by atoms with Gasteiger partial charge in [-0.15, -0.1) is 0 Å².